The summed E-state index contributed by atoms with van der Waals surface area (Å²) in [6, 6.07) is 12.8. The Balaban J connectivity index is 1.62. The van der Waals surface area contributed by atoms with Gasteiger partial charge in [-0.2, -0.15) is 0 Å². The zero-order valence-electron chi connectivity index (χ0n) is 16.4. The Bertz CT molecular complexity index is 849. The summed E-state index contributed by atoms with van der Waals surface area (Å²) in [5.41, 5.74) is 2.44. The first-order valence-corrected chi connectivity index (χ1v) is 9.13. The average molecular weight is 383 g/mol. The maximum absolute atomic E-state index is 12.2. The maximum Gasteiger partial charge on any atom is 0.265 e. The minimum atomic E-state index is -0.267. The molecule has 3 rings (SSSR count). The zero-order valence-corrected chi connectivity index (χ0v) is 16.4. The van der Waals surface area contributed by atoms with Crippen molar-refractivity contribution in [2.45, 2.75) is 6.92 Å². The minimum absolute atomic E-state index is 0.00559. The summed E-state index contributed by atoms with van der Waals surface area (Å²) in [5, 5.41) is 2.79. The van der Waals surface area contributed by atoms with Crippen molar-refractivity contribution in [1.29, 1.82) is 0 Å². The highest BCUT2D eigenvalue weighted by Gasteiger charge is 2.25. The van der Waals surface area contributed by atoms with Crippen LogP contribution in [0.5, 0.6) is 11.5 Å². The van der Waals surface area contributed by atoms with E-state index in [9.17, 15) is 9.59 Å². The molecule has 0 spiro atoms. The highest BCUT2D eigenvalue weighted by molar-refractivity contribution is 5.99. The second-order valence-corrected chi connectivity index (χ2v) is 6.97. The highest BCUT2D eigenvalue weighted by atomic mass is 16.5. The van der Waals surface area contributed by atoms with Gasteiger partial charge in [0.2, 0.25) is 0 Å². The Morgan fingerprint density at radius 1 is 1.21 bits per heavy atom. The van der Waals surface area contributed by atoms with Crippen molar-refractivity contribution in [3.8, 4) is 11.5 Å². The average Bonchev–Trinajstić information content (AvgIpc) is 2.66. The summed E-state index contributed by atoms with van der Waals surface area (Å²) in [7, 11) is 3.92. The fourth-order valence-electron chi connectivity index (χ4n) is 2.81. The molecule has 0 unspecified atom stereocenters. The fraction of sp³-hybridized carbons (Fsp3) is 0.333. The molecule has 1 N–H and O–H groups in total. The second-order valence-electron chi connectivity index (χ2n) is 6.97. The normalized spacial score (nSPS) is 13.1. The van der Waals surface area contributed by atoms with Crippen LogP contribution in [0, 0.1) is 6.92 Å². The molecule has 1 heterocycles. The molecule has 28 heavy (non-hydrogen) atoms. The SMILES string of the molecule is Cc1ccc(OCC(=O)Nc2ccc3c(c2)OCC(=O)N3CCN(C)C)cc1. The predicted octanol–water partition coefficient (Wildman–Crippen LogP) is 2.30. The summed E-state index contributed by atoms with van der Waals surface area (Å²) >= 11 is 0. The predicted molar refractivity (Wildman–Crippen MR) is 108 cm³/mol. The molecule has 2 aromatic carbocycles. The van der Waals surface area contributed by atoms with E-state index in [1.54, 1.807) is 23.1 Å². The number of nitrogens with zero attached hydrogens (tertiary/aromatic N) is 2. The van der Waals surface area contributed by atoms with Gasteiger partial charge in [-0.3, -0.25) is 9.59 Å². The number of aryl methyl sites for hydroxylation is 1. The molecule has 148 valence electrons. The largest absolute Gasteiger partial charge is 0.484 e. The van der Waals surface area contributed by atoms with Crippen molar-refractivity contribution in [2.24, 2.45) is 0 Å². The molecule has 1 aliphatic heterocycles. The number of nitrogens with one attached hydrogen (secondary N) is 1. The standard InChI is InChI=1S/C21H25N3O4/c1-15-4-7-17(8-5-15)27-13-20(25)22-16-6-9-18-19(12-16)28-14-21(26)24(18)11-10-23(2)3/h4-9,12H,10-11,13-14H2,1-3H3,(H,22,25). The highest BCUT2D eigenvalue weighted by Crippen LogP contribution is 2.34. The molecule has 1 aliphatic rings. The number of ether oxygens (including phenoxy) is 2. The summed E-state index contributed by atoms with van der Waals surface area (Å²) < 4.78 is 11.0. The quantitative estimate of drug-likeness (QED) is 0.794. The van der Waals surface area contributed by atoms with E-state index in [1.165, 1.54) is 0 Å². The molecule has 0 radical (unpaired) electrons. The first-order chi connectivity index (χ1) is 13.4. The molecular formula is C21H25N3O4. The van der Waals surface area contributed by atoms with Gasteiger partial charge in [-0.05, 0) is 45.3 Å². The van der Waals surface area contributed by atoms with Gasteiger partial charge in [-0.25, -0.2) is 0 Å². The van der Waals surface area contributed by atoms with Crippen LogP contribution in [0.3, 0.4) is 0 Å². The molecule has 0 bridgehead atoms. The summed E-state index contributed by atoms with van der Waals surface area (Å²) in [5.74, 6) is 0.884. The summed E-state index contributed by atoms with van der Waals surface area (Å²) in [4.78, 5) is 28.1. The van der Waals surface area contributed by atoms with Gasteiger partial charge in [0.15, 0.2) is 13.2 Å². The van der Waals surface area contributed by atoms with Gasteiger partial charge < -0.3 is 24.6 Å². The molecular weight excluding hydrogens is 358 g/mol. The number of anilines is 2. The molecule has 0 saturated heterocycles. The van der Waals surface area contributed by atoms with Crippen LogP contribution in [0.15, 0.2) is 42.5 Å². The Hall–Kier alpha value is -3.06. The Morgan fingerprint density at radius 3 is 2.68 bits per heavy atom. The van der Waals surface area contributed by atoms with E-state index < -0.39 is 0 Å². The van der Waals surface area contributed by atoms with E-state index in [0.717, 1.165) is 12.1 Å². The van der Waals surface area contributed by atoms with Crippen LogP contribution < -0.4 is 19.7 Å². The molecule has 0 aliphatic carbocycles. The van der Waals surface area contributed by atoms with Crippen molar-refractivity contribution in [3.63, 3.8) is 0 Å². The van der Waals surface area contributed by atoms with Crippen molar-refractivity contribution in [2.75, 3.05) is 50.6 Å². The van der Waals surface area contributed by atoms with Gasteiger partial charge in [-0.1, -0.05) is 17.7 Å². The van der Waals surface area contributed by atoms with Gasteiger partial charge in [-0.15, -0.1) is 0 Å². The van der Waals surface area contributed by atoms with Crippen molar-refractivity contribution in [1.82, 2.24) is 4.90 Å². The number of hydrogen-bond donors (Lipinski definition) is 1. The first-order valence-electron chi connectivity index (χ1n) is 9.13. The van der Waals surface area contributed by atoms with Gasteiger partial charge in [0.1, 0.15) is 11.5 Å². The lowest BCUT2D eigenvalue weighted by Gasteiger charge is -2.30. The molecule has 7 heteroatoms. The molecule has 0 aromatic heterocycles. The Labute approximate surface area is 164 Å². The number of benzene rings is 2. The number of fused-ring (bicyclic) bond motifs is 1. The number of rotatable bonds is 7. The zero-order chi connectivity index (χ0) is 20.1. The monoisotopic (exact) mass is 383 g/mol. The van der Waals surface area contributed by atoms with Gasteiger partial charge in [0, 0.05) is 24.8 Å². The lowest BCUT2D eigenvalue weighted by Crippen LogP contribution is -2.42. The first kappa shape index (κ1) is 19.7. The smallest absolute Gasteiger partial charge is 0.265 e. The molecule has 2 aromatic rings. The van der Waals surface area contributed by atoms with Crippen molar-refractivity contribution < 1.29 is 19.1 Å². The van der Waals surface area contributed by atoms with E-state index in [-0.39, 0.29) is 25.0 Å². The number of amides is 2. The van der Waals surface area contributed by atoms with Crippen LogP contribution in [0.4, 0.5) is 11.4 Å². The lowest BCUT2D eigenvalue weighted by atomic mass is 10.2. The molecule has 0 saturated carbocycles. The molecule has 7 nitrogen and oxygen atoms in total. The van der Waals surface area contributed by atoms with E-state index >= 15 is 0 Å². The minimum Gasteiger partial charge on any atom is -0.484 e. The van der Waals surface area contributed by atoms with Crippen LogP contribution in [0.1, 0.15) is 5.56 Å². The van der Waals surface area contributed by atoms with Crippen molar-refractivity contribution >= 4 is 23.2 Å². The number of carbonyl (C=O) groups is 2. The molecule has 0 atom stereocenters. The third kappa shape index (κ3) is 5.01. The van der Waals surface area contributed by atoms with Gasteiger partial charge >= 0.3 is 0 Å². The van der Waals surface area contributed by atoms with E-state index in [1.807, 2.05) is 50.2 Å². The third-order valence-electron chi connectivity index (χ3n) is 4.35. The van der Waals surface area contributed by atoms with Crippen molar-refractivity contribution in [3.05, 3.63) is 48.0 Å². The molecule has 2 amide bonds. The van der Waals surface area contributed by atoms with Crippen LogP contribution in [0.2, 0.25) is 0 Å². The van der Waals surface area contributed by atoms with E-state index in [2.05, 4.69) is 5.32 Å². The van der Waals surface area contributed by atoms with Crippen LogP contribution in [0.25, 0.3) is 0 Å². The van der Waals surface area contributed by atoms with Crippen LogP contribution in [-0.2, 0) is 9.59 Å². The summed E-state index contributed by atoms with van der Waals surface area (Å²) in [6.45, 7) is 3.23. The van der Waals surface area contributed by atoms with Crippen LogP contribution >= 0.6 is 0 Å². The number of carbonyl (C=O) groups excluding carboxylic acids is 2. The van der Waals surface area contributed by atoms with Gasteiger partial charge in [0.25, 0.3) is 11.8 Å². The van der Waals surface area contributed by atoms with E-state index in [0.29, 0.717) is 29.4 Å². The van der Waals surface area contributed by atoms with Crippen LogP contribution in [-0.4, -0.2) is 57.1 Å². The summed E-state index contributed by atoms with van der Waals surface area (Å²) in [6.07, 6.45) is 0. The Morgan fingerprint density at radius 2 is 1.96 bits per heavy atom. The fourth-order valence-corrected chi connectivity index (χ4v) is 2.81. The number of hydrogen-bond acceptors (Lipinski definition) is 5. The third-order valence-corrected chi connectivity index (χ3v) is 4.35. The second kappa shape index (κ2) is 8.75. The molecule has 0 fully saturated rings. The van der Waals surface area contributed by atoms with Gasteiger partial charge in [0.05, 0.1) is 5.69 Å². The lowest BCUT2D eigenvalue weighted by molar-refractivity contribution is -0.121. The number of likely N-dealkylation sites (N-methyl/N-ethyl adjacent to an activating group) is 1. The Kier molecular flexibility index (Phi) is 6.16. The maximum atomic E-state index is 12.2. The topological polar surface area (TPSA) is 71.1 Å². The van der Waals surface area contributed by atoms with E-state index in [4.69, 9.17) is 9.47 Å².